The first kappa shape index (κ1) is 24.5. The van der Waals surface area contributed by atoms with Crippen LogP contribution in [0.15, 0.2) is 39.4 Å². The molecule has 0 saturated carbocycles. The van der Waals surface area contributed by atoms with Crippen molar-refractivity contribution in [2.75, 3.05) is 26.7 Å². The number of hydrogen-bond acceptors (Lipinski definition) is 4. The van der Waals surface area contributed by atoms with Crippen LogP contribution in [0.1, 0.15) is 31.1 Å². The molecule has 156 valence electrons. The number of benzene rings is 1. The molecule has 0 aromatic heterocycles. The van der Waals surface area contributed by atoms with Gasteiger partial charge in [-0.05, 0) is 46.2 Å². The molecule has 0 atom stereocenters. The van der Waals surface area contributed by atoms with E-state index in [1.54, 1.807) is 25.4 Å². The molecule has 0 aliphatic carbocycles. The van der Waals surface area contributed by atoms with Crippen LogP contribution in [0.2, 0.25) is 18.1 Å². The molecule has 5 nitrogen and oxygen atoms in total. The Morgan fingerprint density at radius 2 is 2.04 bits per heavy atom. The summed E-state index contributed by atoms with van der Waals surface area (Å²) < 4.78 is 20.5. The van der Waals surface area contributed by atoms with Gasteiger partial charge in [-0.3, -0.25) is 9.79 Å². The monoisotopic (exact) mass is 471 g/mol. The van der Waals surface area contributed by atoms with Crippen molar-refractivity contribution < 1.29 is 13.6 Å². The molecular formula is C20H31BrFN3O2Si. The number of amides is 1. The van der Waals surface area contributed by atoms with E-state index in [0.29, 0.717) is 18.7 Å². The molecule has 0 unspecified atom stereocenters. The molecule has 0 aliphatic heterocycles. The maximum atomic E-state index is 14.1. The van der Waals surface area contributed by atoms with Crippen LogP contribution >= 0.6 is 15.9 Å². The Kier molecular flexibility index (Phi) is 9.04. The topological polar surface area (TPSA) is 67.9 Å². The second kappa shape index (κ2) is 10.3. The second-order valence-electron chi connectivity index (χ2n) is 8.15. The molecular weight excluding hydrogens is 441 g/mol. The molecule has 0 heterocycles. The predicted molar refractivity (Wildman–Crippen MR) is 120 cm³/mol. The fraction of sp³-hybridized carbons (Fsp3) is 0.500. The van der Waals surface area contributed by atoms with E-state index in [-0.39, 0.29) is 21.6 Å². The number of halogens is 2. The molecule has 0 spiro atoms. The van der Waals surface area contributed by atoms with E-state index < -0.39 is 20.0 Å². The van der Waals surface area contributed by atoms with Crippen molar-refractivity contribution in [1.29, 1.82) is 0 Å². The Morgan fingerprint density at radius 1 is 1.39 bits per heavy atom. The number of rotatable bonds is 8. The summed E-state index contributed by atoms with van der Waals surface area (Å²) in [6, 6.07) is 4.63. The molecule has 8 heteroatoms. The number of carbonyl (C=O) groups excluding carboxylic acids is 1. The van der Waals surface area contributed by atoms with Gasteiger partial charge in [-0.25, -0.2) is 4.39 Å². The molecule has 0 aliphatic rings. The molecule has 1 aromatic rings. The number of aliphatic imine (C=N–C) groups is 1. The van der Waals surface area contributed by atoms with E-state index in [0.717, 1.165) is 0 Å². The van der Waals surface area contributed by atoms with Crippen molar-refractivity contribution in [2.45, 2.75) is 38.9 Å². The number of likely N-dealkylation sites (N-methyl/N-ethyl adjacent to an activating group) is 1. The maximum Gasteiger partial charge on any atom is 0.256 e. The van der Waals surface area contributed by atoms with E-state index in [4.69, 9.17) is 10.2 Å². The smallest absolute Gasteiger partial charge is 0.256 e. The van der Waals surface area contributed by atoms with Crippen LogP contribution in [-0.4, -0.2) is 52.1 Å². The van der Waals surface area contributed by atoms with Crippen molar-refractivity contribution in [3.05, 3.63) is 45.8 Å². The summed E-state index contributed by atoms with van der Waals surface area (Å²) in [5.41, 5.74) is 6.33. The lowest BCUT2D eigenvalue weighted by atomic mass is 10.1. The van der Waals surface area contributed by atoms with Crippen LogP contribution in [0.25, 0.3) is 0 Å². The lowest BCUT2D eigenvalue weighted by Gasteiger charge is -2.35. The molecule has 0 radical (unpaired) electrons. The first-order valence-corrected chi connectivity index (χ1v) is 12.8. The van der Waals surface area contributed by atoms with Gasteiger partial charge >= 0.3 is 0 Å². The molecule has 0 fully saturated rings. The third-order valence-electron chi connectivity index (χ3n) is 4.91. The molecule has 1 amide bonds. The van der Waals surface area contributed by atoms with Gasteiger partial charge in [0, 0.05) is 31.6 Å². The Labute approximate surface area is 177 Å². The third kappa shape index (κ3) is 6.83. The highest BCUT2D eigenvalue weighted by Gasteiger charge is 2.36. The largest absolute Gasteiger partial charge is 0.415 e. The lowest BCUT2D eigenvalue weighted by molar-refractivity contribution is 0.0804. The first-order chi connectivity index (χ1) is 12.9. The Morgan fingerprint density at radius 3 is 2.61 bits per heavy atom. The highest BCUT2D eigenvalue weighted by molar-refractivity contribution is 9.10. The molecule has 0 bridgehead atoms. The highest BCUT2D eigenvalue weighted by Crippen LogP contribution is 2.36. The average Bonchev–Trinajstić information content (AvgIpc) is 2.60. The summed E-state index contributed by atoms with van der Waals surface area (Å²) >= 11 is 3.10. The van der Waals surface area contributed by atoms with Gasteiger partial charge in [0.1, 0.15) is 5.82 Å². The quantitative estimate of drug-likeness (QED) is 0.342. The summed E-state index contributed by atoms with van der Waals surface area (Å²) in [5.74, 6) is -0.998. The molecule has 1 rings (SSSR count). The number of carbonyl (C=O) groups is 1. The number of nitrogens with two attached hydrogens (primary N) is 1. The van der Waals surface area contributed by atoms with Crippen molar-refractivity contribution in [3.8, 4) is 0 Å². The number of hydrogen-bond donors (Lipinski definition) is 1. The summed E-state index contributed by atoms with van der Waals surface area (Å²) in [6.07, 6.45) is 3.04. The zero-order valence-electron chi connectivity index (χ0n) is 17.6. The Hall–Kier alpha value is -1.51. The van der Waals surface area contributed by atoms with Gasteiger partial charge in [-0.15, -0.1) is 0 Å². The van der Waals surface area contributed by atoms with Gasteiger partial charge in [-0.1, -0.05) is 26.8 Å². The van der Waals surface area contributed by atoms with E-state index in [1.807, 2.05) is 0 Å². The maximum absolute atomic E-state index is 14.1. The van der Waals surface area contributed by atoms with Crippen LogP contribution < -0.4 is 5.73 Å². The summed E-state index contributed by atoms with van der Waals surface area (Å²) in [7, 11) is -0.187. The SMILES string of the molecule is CN(CC(C=NCCO[Si](C)(C)C(C)(C)C)=CN)C(=O)c1cccc(Br)c1F. The van der Waals surface area contributed by atoms with Crippen molar-refractivity contribution in [2.24, 2.45) is 10.7 Å². The minimum atomic E-state index is -1.78. The van der Waals surface area contributed by atoms with Gasteiger partial charge in [0.2, 0.25) is 0 Å². The van der Waals surface area contributed by atoms with Crippen LogP contribution in [0.4, 0.5) is 4.39 Å². The summed E-state index contributed by atoms with van der Waals surface area (Å²) in [6.45, 7) is 12.3. The van der Waals surface area contributed by atoms with Crippen LogP contribution in [-0.2, 0) is 4.43 Å². The lowest BCUT2D eigenvalue weighted by Crippen LogP contribution is -2.41. The highest BCUT2D eigenvalue weighted by atomic mass is 79.9. The van der Waals surface area contributed by atoms with Gasteiger partial charge in [0.05, 0.1) is 23.2 Å². The summed E-state index contributed by atoms with van der Waals surface area (Å²) in [5, 5.41) is 0.157. The fourth-order valence-corrected chi connectivity index (χ4v) is 3.51. The van der Waals surface area contributed by atoms with E-state index in [9.17, 15) is 9.18 Å². The third-order valence-corrected chi connectivity index (χ3v) is 10.1. The van der Waals surface area contributed by atoms with Crippen molar-refractivity contribution in [1.82, 2.24) is 4.90 Å². The minimum Gasteiger partial charge on any atom is -0.415 e. The molecule has 2 N–H and O–H groups in total. The van der Waals surface area contributed by atoms with E-state index >= 15 is 0 Å². The van der Waals surface area contributed by atoms with Gasteiger partial charge in [0.25, 0.3) is 5.91 Å². The van der Waals surface area contributed by atoms with Crippen molar-refractivity contribution in [3.63, 3.8) is 0 Å². The normalized spacial score (nSPS) is 13.2. The Balaban J connectivity index is 2.61. The minimum absolute atomic E-state index is 0.00737. The van der Waals surface area contributed by atoms with Crippen LogP contribution in [0.5, 0.6) is 0 Å². The standard InChI is InChI=1S/C20H31BrFN3O2Si/c1-20(2,3)28(5,6)27-11-10-24-13-15(12-23)14-25(4)19(26)16-8-7-9-17(21)18(16)22/h7-9,12-13H,10-11,14,23H2,1-6H3. The second-order valence-corrected chi connectivity index (χ2v) is 13.8. The van der Waals surface area contributed by atoms with Gasteiger partial charge in [-0.2, -0.15) is 0 Å². The zero-order chi connectivity index (χ0) is 21.5. The van der Waals surface area contributed by atoms with Crippen molar-refractivity contribution >= 4 is 36.4 Å². The Bertz CT molecular complexity index is 745. The molecule has 0 saturated heterocycles. The first-order valence-electron chi connectivity index (χ1n) is 9.14. The molecule has 28 heavy (non-hydrogen) atoms. The fourth-order valence-electron chi connectivity index (χ4n) is 2.11. The van der Waals surface area contributed by atoms with E-state index in [2.05, 4.69) is 54.8 Å². The predicted octanol–water partition coefficient (Wildman–Crippen LogP) is 4.60. The zero-order valence-corrected chi connectivity index (χ0v) is 20.1. The average molecular weight is 472 g/mol. The van der Waals surface area contributed by atoms with Gasteiger partial charge in [0.15, 0.2) is 8.32 Å². The summed E-state index contributed by atoms with van der Waals surface area (Å²) in [4.78, 5) is 18.2. The van der Waals surface area contributed by atoms with E-state index in [1.165, 1.54) is 17.2 Å². The molecule has 1 aromatic carbocycles. The van der Waals surface area contributed by atoms with Crippen LogP contribution in [0, 0.1) is 5.82 Å². The van der Waals surface area contributed by atoms with Crippen LogP contribution in [0.3, 0.4) is 0 Å². The number of nitrogens with zero attached hydrogens (tertiary/aromatic N) is 2. The van der Waals surface area contributed by atoms with Gasteiger partial charge < -0.3 is 15.1 Å².